The van der Waals surface area contributed by atoms with Crippen molar-refractivity contribution in [3.8, 4) is 11.6 Å². The summed E-state index contributed by atoms with van der Waals surface area (Å²) >= 11 is 0. The van der Waals surface area contributed by atoms with Crippen molar-refractivity contribution in [2.45, 2.75) is 33.7 Å². The zero-order valence-electron chi connectivity index (χ0n) is 11.6. The average molecular weight is 261 g/mol. The predicted octanol–water partition coefficient (Wildman–Crippen LogP) is 2.48. The minimum atomic E-state index is 0.587. The lowest BCUT2D eigenvalue weighted by molar-refractivity contribution is 0.454. The number of rotatable bonds is 6. The largest absolute Gasteiger partial charge is 0.435 e. The molecule has 102 valence electrons. The van der Waals surface area contributed by atoms with Crippen LogP contribution in [0.2, 0.25) is 0 Å². The summed E-state index contributed by atoms with van der Waals surface area (Å²) in [5.41, 5.74) is 0.980. The van der Waals surface area contributed by atoms with Crippen LogP contribution in [0.1, 0.15) is 26.3 Å². The van der Waals surface area contributed by atoms with Crippen LogP contribution < -0.4 is 10.1 Å². The molecule has 0 saturated heterocycles. The summed E-state index contributed by atoms with van der Waals surface area (Å²) in [4.78, 5) is 8.45. The van der Waals surface area contributed by atoms with Gasteiger partial charge in [0.05, 0.1) is 18.0 Å². The molecular weight excluding hydrogens is 242 g/mol. The van der Waals surface area contributed by atoms with Crippen LogP contribution in [0.4, 0.5) is 5.82 Å². The summed E-state index contributed by atoms with van der Waals surface area (Å²) in [5, 5.41) is 7.40. The molecule has 0 aliphatic carbocycles. The lowest BCUT2D eigenvalue weighted by Crippen LogP contribution is -2.05. The Kier molecular flexibility index (Phi) is 4.33. The normalized spacial score (nSPS) is 10.5. The van der Waals surface area contributed by atoms with Crippen molar-refractivity contribution >= 4 is 5.82 Å². The highest BCUT2D eigenvalue weighted by Crippen LogP contribution is 2.26. The third-order valence-corrected chi connectivity index (χ3v) is 2.75. The Hall–Kier alpha value is -2.11. The van der Waals surface area contributed by atoms with Crippen LogP contribution in [-0.2, 0) is 13.0 Å². The van der Waals surface area contributed by atoms with Gasteiger partial charge >= 0.3 is 0 Å². The standard InChI is InChI=1S/C13H19N5O/c1-4-11-12(14-5-2)15-9-16-13(11)19-10-7-17-18(6-3)8-10/h7-9H,4-6H2,1-3H3,(H,14,15,16). The van der Waals surface area contributed by atoms with E-state index in [0.29, 0.717) is 11.6 Å². The third kappa shape index (κ3) is 3.01. The minimum absolute atomic E-state index is 0.587. The number of nitrogens with zero attached hydrogens (tertiary/aromatic N) is 4. The second kappa shape index (κ2) is 6.17. The van der Waals surface area contributed by atoms with Crippen LogP contribution in [0.3, 0.4) is 0 Å². The Balaban J connectivity index is 2.26. The van der Waals surface area contributed by atoms with E-state index in [4.69, 9.17) is 4.74 Å². The van der Waals surface area contributed by atoms with Gasteiger partial charge < -0.3 is 10.1 Å². The predicted molar refractivity (Wildman–Crippen MR) is 73.5 cm³/mol. The molecule has 0 aromatic carbocycles. The van der Waals surface area contributed by atoms with Crippen LogP contribution in [-0.4, -0.2) is 26.3 Å². The zero-order valence-corrected chi connectivity index (χ0v) is 11.6. The minimum Gasteiger partial charge on any atom is -0.435 e. The van der Waals surface area contributed by atoms with E-state index in [1.54, 1.807) is 6.20 Å². The van der Waals surface area contributed by atoms with Gasteiger partial charge in [-0.25, -0.2) is 9.97 Å². The Morgan fingerprint density at radius 1 is 1.26 bits per heavy atom. The second-order valence-corrected chi connectivity index (χ2v) is 4.02. The first-order valence-corrected chi connectivity index (χ1v) is 6.56. The maximum Gasteiger partial charge on any atom is 0.227 e. The number of hydrogen-bond acceptors (Lipinski definition) is 5. The first-order valence-electron chi connectivity index (χ1n) is 6.56. The molecule has 19 heavy (non-hydrogen) atoms. The molecule has 0 unspecified atom stereocenters. The van der Waals surface area contributed by atoms with Crippen molar-refractivity contribution in [1.82, 2.24) is 19.7 Å². The molecule has 0 aliphatic rings. The highest BCUT2D eigenvalue weighted by molar-refractivity contribution is 5.49. The smallest absolute Gasteiger partial charge is 0.227 e. The third-order valence-electron chi connectivity index (χ3n) is 2.75. The van der Waals surface area contributed by atoms with E-state index in [1.165, 1.54) is 6.33 Å². The van der Waals surface area contributed by atoms with E-state index in [1.807, 2.05) is 24.7 Å². The van der Waals surface area contributed by atoms with Gasteiger partial charge in [-0.3, -0.25) is 4.68 Å². The zero-order chi connectivity index (χ0) is 13.7. The number of anilines is 1. The molecule has 0 atom stereocenters. The van der Waals surface area contributed by atoms with Gasteiger partial charge in [-0.05, 0) is 20.3 Å². The fourth-order valence-corrected chi connectivity index (χ4v) is 1.80. The summed E-state index contributed by atoms with van der Waals surface area (Å²) in [6.07, 6.45) is 5.86. The molecule has 0 saturated carbocycles. The van der Waals surface area contributed by atoms with Crippen LogP contribution in [0.25, 0.3) is 0 Å². The van der Waals surface area contributed by atoms with Crippen molar-refractivity contribution in [2.75, 3.05) is 11.9 Å². The molecule has 0 radical (unpaired) electrons. The van der Waals surface area contributed by atoms with Gasteiger partial charge in [0, 0.05) is 13.1 Å². The maximum atomic E-state index is 5.80. The number of hydrogen-bond donors (Lipinski definition) is 1. The molecule has 2 heterocycles. The quantitative estimate of drug-likeness (QED) is 0.865. The fourth-order valence-electron chi connectivity index (χ4n) is 1.80. The molecule has 6 nitrogen and oxygen atoms in total. The van der Waals surface area contributed by atoms with Crippen LogP contribution in [0, 0.1) is 0 Å². The molecule has 0 spiro atoms. The summed E-state index contributed by atoms with van der Waals surface area (Å²) in [5.74, 6) is 2.11. The molecule has 0 amide bonds. The van der Waals surface area contributed by atoms with Crippen molar-refractivity contribution in [1.29, 1.82) is 0 Å². The Labute approximate surface area is 112 Å². The van der Waals surface area contributed by atoms with Crippen molar-refractivity contribution in [3.63, 3.8) is 0 Å². The Morgan fingerprint density at radius 3 is 2.74 bits per heavy atom. The van der Waals surface area contributed by atoms with Gasteiger partial charge in [-0.1, -0.05) is 6.92 Å². The summed E-state index contributed by atoms with van der Waals surface area (Å²) in [6, 6.07) is 0. The lowest BCUT2D eigenvalue weighted by atomic mass is 10.2. The lowest BCUT2D eigenvalue weighted by Gasteiger charge is -2.11. The maximum absolute atomic E-state index is 5.80. The summed E-state index contributed by atoms with van der Waals surface area (Å²) in [6.45, 7) is 7.76. The van der Waals surface area contributed by atoms with Gasteiger partial charge in [0.1, 0.15) is 12.1 Å². The van der Waals surface area contributed by atoms with Gasteiger partial charge in [0.15, 0.2) is 5.75 Å². The topological polar surface area (TPSA) is 64.9 Å². The molecule has 0 bridgehead atoms. The van der Waals surface area contributed by atoms with Crippen molar-refractivity contribution in [3.05, 3.63) is 24.3 Å². The highest BCUT2D eigenvalue weighted by Gasteiger charge is 2.12. The molecular formula is C13H19N5O. The molecule has 0 aliphatic heterocycles. The Bertz CT molecular complexity index is 538. The van der Waals surface area contributed by atoms with E-state index in [9.17, 15) is 0 Å². The monoisotopic (exact) mass is 261 g/mol. The summed E-state index contributed by atoms with van der Waals surface area (Å²) in [7, 11) is 0. The number of aryl methyl sites for hydroxylation is 1. The second-order valence-electron chi connectivity index (χ2n) is 4.02. The van der Waals surface area contributed by atoms with E-state index < -0.39 is 0 Å². The molecule has 1 N–H and O–H groups in total. The van der Waals surface area contributed by atoms with Gasteiger partial charge in [-0.15, -0.1) is 0 Å². The molecule has 2 rings (SSSR count). The average Bonchev–Trinajstić information content (AvgIpc) is 2.87. The van der Waals surface area contributed by atoms with Crippen LogP contribution >= 0.6 is 0 Å². The fraction of sp³-hybridized carbons (Fsp3) is 0.462. The molecule has 2 aromatic heterocycles. The molecule has 6 heteroatoms. The number of ether oxygens (including phenoxy) is 1. The van der Waals surface area contributed by atoms with Gasteiger partial charge in [0.2, 0.25) is 5.88 Å². The first-order chi connectivity index (χ1) is 9.28. The van der Waals surface area contributed by atoms with Crippen LogP contribution in [0.15, 0.2) is 18.7 Å². The van der Waals surface area contributed by atoms with Gasteiger partial charge in [0.25, 0.3) is 0 Å². The SMILES string of the molecule is CCNc1ncnc(Oc2cnn(CC)c2)c1CC. The van der Waals surface area contributed by atoms with Crippen LogP contribution in [0.5, 0.6) is 11.6 Å². The van der Waals surface area contributed by atoms with Crippen molar-refractivity contribution < 1.29 is 4.74 Å². The molecule has 0 fully saturated rings. The highest BCUT2D eigenvalue weighted by atomic mass is 16.5. The number of aromatic nitrogens is 4. The number of nitrogens with one attached hydrogen (secondary N) is 1. The summed E-state index contributed by atoms with van der Waals surface area (Å²) < 4.78 is 7.61. The Morgan fingerprint density at radius 2 is 2.11 bits per heavy atom. The molecule has 2 aromatic rings. The first kappa shape index (κ1) is 13.3. The van der Waals surface area contributed by atoms with E-state index in [2.05, 4.69) is 27.3 Å². The van der Waals surface area contributed by atoms with Gasteiger partial charge in [-0.2, -0.15) is 5.10 Å². The van der Waals surface area contributed by atoms with Crippen molar-refractivity contribution in [2.24, 2.45) is 0 Å². The van der Waals surface area contributed by atoms with E-state index in [-0.39, 0.29) is 0 Å². The van der Waals surface area contributed by atoms with E-state index >= 15 is 0 Å². The van der Waals surface area contributed by atoms with E-state index in [0.717, 1.165) is 30.9 Å².